The molecule has 124 valence electrons. The van der Waals surface area contributed by atoms with Crippen molar-refractivity contribution >= 4 is 34.8 Å². The lowest BCUT2D eigenvalue weighted by Gasteiger charge is -2.16. The first kappa shape index (κ1) is 16.2. The highest BCUT2D eigenvalue weighted by Crippen LogP contribution is 2.46. The van der Waals surface area contributed by atoms with Crippen LogP contribution in [0, 0.1) is 0 Å². The molecule has 0 aliphatic carbocycles. The van der Waals surface area contributed by atoms with E-state index in [-0.39, 0.29) is 11.0 Å². The molecular weight excluding hydrogens is 350 g/mol. The standard InChI is InChI=1S/C21H16ClNOS/c22-16-9-10-20-19(12-16)23-18(15-7-4-8-17(24)11-15)13-21(25-20)14-5-2-1-3-6-14/h1-12,21,24H,13H2/t21-/m0/s1. The molecule has 0 amide bonds. The van der Waals surface area contributed by atoms with E-state index in [1.54, 1.807) is 23.9 Å². The number of aromatic hydroxyl groups is 1. The maximum atomic E-state index is 9.86. The second-order valence-corrected chi connectivity index (χ2v) is 7.62. The molecule has 1 N–H and O–H groups in total. The first-order valence-corrected chi connectivity index (χ1v) is 9.33. The Labute approximate surface area is 156 Å². The minimum atomic E-state index is 0.250. The Morgan fingerprint density at radius 2 is 1.80 bits per heavy atom. The summed E-state index contributed by atoms with van der Waals surface area (Å²) in [7, 11) is 0. The lowest BCUT2D eigenvalue weighted by molar-refractivity contribution is 0.475. The first-order valence-electron chi connectivity index (χ1n) is 8.07. The van der Waals surface area contributed by atoms with Crippen LogP contribution in [0.2, 0.25) is 5.02 Å². The summed E-state index contributed by atoms with van der Waals surface area (Å²) in [4.78, 5) is 6.01. The maximum absolute atomic E-state index is 9.86. The molecule has 0 bridgehead atoms. The molecule has 0 saturated carbocycles. The third-order valence-electron chi connectivity index (χ3n) is 4.18. The van der Waals surface area contributed by atoms with Crippen LogP contribution in [0.4, 0.5) is 5.69 Å². The van der Waals surface area contributed by atoms with Crippen LogP contribution in [0.5, 0.6) is 5.75 Å². The van der Waals surface area contributed by atoms with Gasteiger partial charge in [-0.3, -0.25) is 4.99 Å². The van der Waals surface area contributed by atoms with Gasteiger partial charge in [0.15, 0.2) is 0 Å². The monoisotopic (exact) mass is 365 g/mol. The van der Waals surface area contributed by atoms with Crippen molar-refractivity contribution in [2.24, 2.45) is 4.99 Å². The fourth-order valence-corrected chi connectivity index (χ4v) is 4.34. The molecule has 4 rings (SSSR count). The molecule has 25 heavy (non-hydrogen) atoms. The van der Waals surface area contributed by atoms with Crippen molar-refractivity contribution in [2.45, 2.75) is 16.6 Å². The van der Waals surface area contributed by atoms with Gasteiger partial charge in [-0.15, -0.1) is 11.8 Å². The smallest absolute Gasteiger partial charge is 0.116 e. The van der Waals surface area contributed by atoms with Crippen LogP contribution in [0.25, 0.3) is 0 Å². The summed E-state index contributed by atoms with van der Waals surface area (Å²) in [5, 5.41) is 10.8. The largest absolute Gasteiger partial charge is 0.508 e. The molecule has 0 saturated heterocycles. The molecule has 1 aliphatic rings. The van der Waals surface area contributed by atoms with Crippen molar-refractivity contribution in [3.05, 3.63) is 88.9 Å². The summed E-state index contributed by atoms with van der Waals surface area (Å²) in [5.41, 5.74) is 4.05. The first-order chi connectivity index (χ1) is 12.2. The second kappa shape index (κ2) is 6.95. The molecule has 0 fully saturated rings. The number of rotatable bonds is 2. The van der Waals surface area contributed by atoms with Crippen molar-refractivity contribution in [1.29, 1.82) is 0 Å². The Morgan fingerprint density at radius 3 is 2.60 bits per heavy atom. The van der Waals surface area contributed by atoms with Crippen molar-refractivity contribution < 1.29 is 5.11 Å². The van der Waals surface area contributed by atoms with E-state index < -0.39 is 0 Å². The number of nitrogens with zero attached hydrogens (tertiary/aromatic N) is 1. The van der Waals surface area contributed by atoms with E-state index in [4.69, 9.17) is 16.6 Å². The SMILES string of the molecule is Oc1cccc(C2=Nc3cc(Cl)ccc3S[C@H](c3ccccc3)C2)c1. The van der Waals surface area contributed by atoms with E-state index in [0.29, 0.717) is 5.02 Å². The third-order valence-corrected chi connectivity index (χ3v) is 5.73. The summed E-state index contributed by atoms with van der Waals surface area (Å²) in [6, 6.07) is 23.6. The van der Waals surface area contributed by atoms with Crippen molar-refractivity contribution in [2.75, 3.05) is 0 Å². The molecule has 3 aromatic rings. The Balaban J connectivity index is 1.83. The van der Waals surface area contributed by atoms with Gasteiger partial charge in [0.2, 0.25) is 0 Å². The number of benzene rings is 3. The highest BCUT2D eigenvalue weighted by molar-refractivity contribution is 7.99. The Morgan fingerprint density at radius 1 is 0.960 bits per heavy atom. The molecule has 2 nitrogen and oxygen atoms in total. The predicted molar refractivity (Wildman–Crippen MR) is 105 cm³/mol. The topological polar surface area (TPSA) is 32.6 Å². The van der Waals surface area contributed by atoms with Gasteiger partial charge in [-0.1, -0.05) is 54.1 Å². The maximum Gasteiger partial charge on any atom is 0.116 e. The normalized spacial score (nSPS) is 16.7. The average Bonchev–Trinajstić information content (AvgIpc) is 2.82. The van der Waals surface area contributed by atoms with Crippen LogP contribution >= 0.6 is 23.4 Å². The van der Waals surface area contributed by atoms with Crippen LogP contribution in [0.15, 0.2) is 82.7 Å². The van der Waals surface area contributed by atoms with E-state index in [0.717, 1.165) is 28.3 Å². The average molecular weight is 366 g/mol. The fourth-order valence-electron chi connectivity index (χ4n) is 2.96. The van der Waals surface area contributed by atoms with Gasteiger partial charge < -0.3 is 5.11 Å². The van der Waals surface area contributed by atoms with Crippen molar-refractivity contribution in [3.63, 3.8) is 0 Å². The van der Waals surface area contributed by atoms with Crippen LogP contribution in [0.1, 0.15) is 22.8 Å². The number of phenols is 1. The highest BCUT2D eigenvalue weighted by Gasteiger charge is 2.22. The summed E-state index contributed by atoms with van der Waals surface area (Å²) < 4.78 is 0. The van der Waals surface area contributed by atoms with Gasteiger partial charge in [0.05, 0.1) is 5.69 Å². The zero-order valence-corrected chi connectivity index (χ0v) is 15.0. The number of phenolic OH excluding ortho intramolecular Hbond substituents is 1. The zero-order chi connectivity index (χ0) is 17.2. The summed E-state index contributed by atoms with van der Waals surface area (Å²) >= 11 is 7.99. The second-order valence-electron chi connectivity index (χ2n) is 5.94. The molecule has 1 heterocycles. The minimum Gasteiger partial charge on any atom is -0.508 e. The molecule has 1 aliphatic heterocycles. The molecule has 3 aromatic carbocycles. The number of hydrogen-bond donors (Lipinski definition) is 1. The predicted octanol–water partition coefficient (Wildman–Crippen LogP) is 6.40. The summed E-state index contributed by atoms with van der Waals surface area (Å²) in [5.74, 6) is 0.250. The summed E-state index contributed by atoms with van der Waals surface area (Å²) in [6.07, 6.45) is 0.782. The number of halogens is 1. The van der Waals surface area contributed by atoms with Crippen LogP contribution in [-0.2, 0) is 0 Å². The van der Waals surface area contributed by atoms with Crippen molar-refractivity contribution in [1.82, 2.24) is 0 Å². The molecule has 0 unspecified atom stereocenters. The molecule has 0 aromatic heterocycles. The Hall–Kier alpha value is -2.23. The number of hydrogen-bond acceptors (Lipinski definition) is 3. The van der Waals surface area contributed by atoms with Gasteiger partial charge in [-0.2, -0.15) is 0 Å². The number of thioether (sulfide) groups is 1. The van der Waals surface area contributed by atoms with Crippen molar-refractivity contribution in [3.8, 4) is 5.75 Å². The highest BCUT2D eigenvalue weighted by atomic mass is 35.5. The van der Waals surface area contributed by atoms with Gasteiger partial charge in [0.1, 0.15) is 5.75 Å². The Bertz CT molecular complexity index is 940. The van der Waals surface area contributed by atoms with E-state index >= 15 is 0 Å². The fraction of sp³-hybridized carbons (Fsp3) is 0.0952. The minimum absolute atomic E-state index is 0.250. The van der Waals surface area contributed by atoms with Crippen LogP contribution in [0.3, 0.4) is 0 Å². The molecule has 0 spiro atoms. The molecule has 4 heteroatoms. The Kier molecular flexibility index (Phi) is 4.51. The van der Waals surface area contributed by atoms with Gasteiger partial charge in [-0.25, -0.2) is 0 Å². The number of aliphatic imine (C=N–C) groups is 1. The van der Waals surface area contributed by atoms with Gasteiger partial charge in [0.25, 0.3) is 0 Å². The van der Waals surface area contributed by atoms with E-state index in [1.165, 1.54) is 5.56 Å². The van der Waals surface area contributed by atoms with Gasteiger partial charge in [0, 0.05) is 27.3 Å². The van der Waals surface area contributed by atoms with Gasteiger partial charge >= 0.3 is 0 Å². The molecule has 1 atom stereocenters. The zero-order valence-electron chi connectivity index (χ0n) is 13.4. The third kappa shape index (κ3) is 3.58. The quantitative estimate of drug-likeness (QED) is 0.569. The van der Waals surface area contributed by atoms with Crippen LogP contribution in [-0.4, -0.2) is 10.8 Å². The number of fused-ring (bicyclic) bond motifs is 1. The van der Waals surface area contributed by atoms with Gasteiger partial charge in [-0.05, 0) is 41.5 Å². The van der Waals surface area contributed by atoms with Crippen LogP contribution < -0.4 is 0 Å². The lowest BCUT2D eigenvalue weighted by atomic mass is 10.0. The van der Waals surface area contributed by atoms with E-state index in [9.17, 15) is 5.11 Å². The summed E-state index contributed by atoms with van der Waals surface area (Å²) in [6.45, 7) is 0. The van der Waals surface area contributed by atoms with E-state index in [1.807, 2.05) is 36.4 Å². The molecule has 0 radical (unpaired) electrons. The molecular formula is C21H16ClNOS. The van der Waals surface area contributed by atoms with E-state index in [2.05, 4.69) is 24.3 Å². The lowest BCUT2D eigenvalue weighted by Crippen LogP contribution is -2.05.